The number of sulfonamides is 1. The second kappa shape index (κ2) is 7.81. The summed E-state index contributed by atoms with van der Waals surface area (Å²) in [5.41, 5.74) is 2.87. The number of carbonyl (C=O) groups excluding carboxylic acids is 1. The van der Waals surface area contributed by atoms with Crippen LogP contribution in [0, 0.1) is 6.92 Å². The van der Waals surface area contributed by atoms with E-state index in [-0.39, 0.29) is 5.91 Å². The summed E-state index contributed by atoms with van der Waals surface area (Å²) in [6, 6.07) is 12.9. The van der Waals surface area contributed by atoms with Crippen LogP contribution in [0.5, 0.6) is 0 Å². The monoisotopic (exact) mass is 410 g/mol. The quantitative estimate of drug-likeness (QED) is 0.761. The van der Waals surface area contributed by atoms with Gasteiger partial charge in [-0.2, -0.15) is 0 Å². The number of hydrogen-bond donors (Lipinski definition) is 2. The highest BCUT2D eigenvalue weighted by Crippen LogP contribution is 2.22. The third kappa shape index (κ3) is 5.65. The molecular weight excluding hydrogens is 392 g/mol. The molecular formula is C17H19BrN2O3S. The fourth-order valence-electron chi connectivity index (χ4n) is 2.18. The van der Waals surface area contributed by atoms with E-state index in [2.05, 4.69) is 26.0 Å². The van der Waals surface area contributed by atoms with Crippen LogP contribution in [-0.2, 0) is 21.2 Å². The summed E-state index contributed by atoms with van der Waals surface area (Å²) in [7, 11) is -3.36. The smallest absolute Gasteiger partial charge is 0.229 e. The van der Waals surface area contributed by atoms with Crippen LogP contribution in [0.4, 0.5) is 11.4 Å². The average molecular weight is 411 g/mol. The molecule has 128 valence electrons. The summed E-state index contributed by atoms with van der Waals surface area (Å²) < 4.78 is 26.2. The first kappa shape index (κ1) is 18.5. The topological polar surface area (TPSA) is 75.3 Å². The lowest BCUT2D eigenvalue weighted by atomic mass is 10.1. The van der Waals surface area contributed by atoms with E-state index in [9.17, 15) is 13.2 Å². The van der Waals surface area contributed by atoms with Crippen molar-refractivity contribution in [2.45, 2.75) is 19.8 Å². The minimum absolute atomic E-state index is 0.125. The Bertz CT molecular complexity index is 851. The zero-order valence-electron chi connectivity index (χ0n) is 13.5. The van der Waals surface area contributed by atoms with Crippen LogP contribution >= 0.6 is 15.9 Å². The second-order valence-corrected chi connectivity index (χ2v) is 8.15. The van der Waals surface area contributed by atoms with Crippen molar-refractivity contribution in [3.05, 3.63) is 58.1 Å². The van der Waals surface area contributed by atoms with Crippen LogP contribution in [-0.4, -0.2) is 20.6 Å². The van der Waals surface area contributed by atoms with Gasteiger partial charge in [-0.15, -0.1) is 0 Å². The van der Waals surface area contributed by atoms with E-state index in [1.807, 2.05) is 24.3 Å². The summed E-state index contributed by atoms with van der Waals surface area (Å²) in [6.07, 6.45) is 2.05. The minimum Gasteiger partial charge on any atom is -0.326 e. The number of anilines is 2. The molecule has 0 aliphatic heterocycles. The van der Waals surface area contributed by atoms with Gasteiger partial charge < -0.3 is 5.32 Å². The van der Waals surface area contributed by atoms with Gasteiger partial charge in [-0.25, -0.2) is 8.42 Å². The number of rotatable bonds is 6. The van der Waals surface area contributed by atoms with E-state index in [4.69, 9.17) is 0 Å². The number of amides is 1. The van der Waals surface area contributed by atoms with Crippen LogP contribution in [0.2, 0.25) is 0 Å². The maximum atomic E-state index is 12.1. The molecule has 0 bridgehead atoms. The Kier molecular flexibility index (Phi) is 6.01. The maximum absolute atomic E-state index is 12.1. The normalized spacial score (nSPS) is 11.1. The number of aryl methyl sites for hydroxylation is 2. The first-order valence-corrected chi connectivity index (χ1v) is 10.0. The maximum Gasteiger partial charge on any atom is 0.229 e. The van der Waals surface area contributed by atoms with Crippen molar-refractivity contribution >= 4 is 43.2 Å². The number of hydrogen-bond acceptors (Lipinski definition) is 3. The average Bonchev–Trinajstić information content (AvgIpc) is 2.48. The van der Waals surface area contributed by atoms with Gasteiger partial charge in [0.2, 0.25) is 15.9 Å². The van der Waals surface area contributed by atoms with Crippen LogP contribution in [0.1, 0.15) is 17.5 Å². The van der Waals surface area contributed by atoms with Crippen LogP contribution in [0.15, 0.2) is 46.9 Å². The van der Waals surface area contributed by atoms with E-state index in [1.54, 1.807) is 25.1 Å². The lowest BCUT2D eigenvalue weighted by Gasteiger charge is -2.11. The van der Waals surface area contributed by atoms with Gasteiger partial charge in [-0.1, -0.05) is 40.2 Å². The van der Waals surface area contributed by atoms with Gasteiger partial charge in [-0.05, 0) is 42.7 Å². The zero-order chi connectivity index (χ0) is 17.7. The SMILES string of the molecule is Cc1ccc(NC(=O)CCc2ccccc2Br)cc1NS(C)(=O)=O. The molecule has 2 rings (SSSR count). The molecule has 0 spiro atoms. The van der Waals surface area contributed by atoms with Gasteiger partial charge in [0.1, 0.15) is 0 Å². The van der Waals surface area contributed by atoms with Crippen molar-refractivity contribution in [3.8, 4) is 0 Å². The van der Waals surface area contributed by atoms with Gasteiger partial charge in [0.05, 0.1) is 11.9 Å². The molecule has 0 unspecified atom stereocenters. The van der Waals surface area contributed by atoms with Crippen LogP contribution < -0.4 is 10.0 Å². The molecule has 0 heterocycles. The van der Waals surface area contributed by atoms with Crippen molar-refractivity contribution in [1.82, 2.24) is 0 Å². The molecule has 2 aromatic rings. The summed E-state index contributed by atoms with van der Waals surface area (Å²) in [5, 5.41) is 2.80. The van der Waals surface area contributed by atoms with Crippen molar-refractivity contribution in [2.24, 2.45) is 0 Å². The summed E-state index contributed by atoms with van der Waals surface area (Å²) in [6.45, 7) is 1.80. The first-order valence-electron chi connectivity index (χ1n) is 7.36. The number of carbonyl (C=O) groups is 1. The summed E-state index contributed by atoms with van der Waals surface area (Å²) in [4.78, 5) is 12.1. The van der Waals surface area contributed by atoms with Gasteiger partial charge in [0.25, 0.3) is 0 Å². The predicted octanol–water partition coefficient (Wildman–Crippen LogP) is 3.70. The summed E-state index contributed by atoms with van der Waals surface area (Å²) in [5.74, 6) is -0.125. The Hall–Kier alpha value is -1.86. The van der Waals surface area contributed by atoms with Gasteiger partial charge >= 0.3 is 0 Å². The third-order valence-electron chi connectivity index (χ3n) is 3.40. The molecule has 0 aliphatic rings. The molecule has 0 aromatic heterocycles. The molecule has 0 saturated carbocycles. The Morgan fingerprint density at radius 2 is 1.88 bits per heavy atom. The highest BCUT2D eigenvalue weighted by molar-refractivity contribution is 9.10. The third-order valence-corrected chi connectivity index (χ3v) is 4.76. The Morgan fingerprint density at radius 3 is 2.54 bits per heavy atom. The van der Waals surface area contributed by atoms with Gasteiger partial charge in [-0.3, -0.25) is 9.52 Å². The molecule has 1 amide bonds. The fourth-order valence-corrected chi connectivity index (χ4v) is 3.28. The molecule has 0 aliphatic carbocycles. The van der Waals surface area contributed by atoms with Crippen molar-refractivity contribution in [1.29, 1.82) is 0 Å². The summed E-state index contributed by atoms with van der Waals surface area (Å²) >= 11 is 3.46. The van der Waals surface area contributed by atoms with E-state index in [0.29, 0.717) is 24.2 Å². The Morgan fingerprint density at radius 1 is 1.17 bits per heavy atom. The van der Waals surface area contributed by atoms with E-state index in [0.717, 1.165) is 21.9 Å². The van der Waals surface area contributed by atoms with E-state index in [1.165, 1.54) is 0 Å². The number of halogens is 1. The molecule has 2 N–H and O–H groups in total. The highest BCUT2D eigenvalue weighted by Gasteiger charge is 2.09. The molecule has 0 radical (unpaired) electrons. The van der Waals surface area contributed by atoms with Gasteiger partial charge in [0.15, 0.2) is 0 Å². The Labute approximate surface area is 150 Å². The Balaban J connectivity index is 2.01. The lowest BCUT2D eigenvalue weighted by molar-refractivity contribution is -0.116. The molecule has 7 heteroatoms. The first-order chi connectivity index (χ1) is 11.2. The lowest BCUT2D eigenvalue weighted by Crippen LogP contribution is -2.14. The largest absolute Gasteiger partial charge is 0.326 e. The standard InChI is InChI=1S/C17H19BrN2O3S/c1-12-7-9-14(11-16(12)20-24(2,22)23)19-17(21)10-8-13-5-3-4-6-15(13)18/h3-7,9,11,20H,8,10H2,1-2H3,(H,19,21). The molecule has 24 heavy (non-hydrogen) atoms. The molecule has 0 saturated heterocycles. The van der Waals surface area contributed by atoms with Crippen molar-refractivity contribution in [3.63, 3.8) is 0 Å². The van der Waals surface area contributed by atoms with E-state index < -0.39 is 10.0 Å². The predicted molar refractivity (Wildman–Crippen MR) is 101 cm³/mol. The van der Waals surface area contributed by atoms with Crippen LogP contribution in [0.25, 0.3) is 0 Å². The highest BCUT2D eigenvalue weighted by atomic mass is 79.9. The molecule has 2 aromatic carbocycles. The molecule has 0 fully saturated rings. The molecule has 0 atom stereocenters. The number of benzene rings is 2. The second-order valence-electron chi connectivity index (χ2n) is 5.54. The fraction of sp³-hybridized carbons (Fsp3) is 0.235. The van der Waals surface area contributed by atoms with Gasteiger partial charge in [0, 0.05) is 16.6 Å². The zero-order valence-corrected chi connectivity index (χ0v) is 15.9. The van der Waals surface area contributed by atoms with Crippen LogP contribution in [0.3, 0.4) is 0 Å². The minimum atomic E-state index is -3.36. The van der Waals surface area contributed by atoms with Crippen molar-refractivity contribution < 1.29 is 13.2 Å². The van der Waals surface area contributed by atoms with Crippen molar-refractivity contribution in [2.75, 3.05) is 16.3 Å². The van der Waals surface area contributed by atoms with E-state index >= 15 is 0 Å². The number of nitrogens with one attached hydrogen (secondary N) is 2. The molecule has 5 nitrogen and oxygen atoms in total.